The van der Waals surface area contributed by atoms with Gasteiger partial charge in [-0.05, 0) is 17.7 Å². The van der Waals surface area contributed by atoms with Gasteiger partial charge >= 0.3 is 5.97 Å². The van der Waals surface area contributed by atoms with Crippen molar-refractivity contribution in [1.82, 2.24) is 5.01 Å². The highest BCUT2D eigenvalue weighted by Crippen LogP contribution is 2.19. The van der Waals surface area contributed by atoms with Crippen molar-refractivity contribution in [3.8, 4) is 0 Å². The molecule has 0 saturated heterocycles. The number of esters is 1. The van der Waals surface area contributed by atoms with Gasteiger partial charge in [-0.15, -0.1) is 0 Å². The van der Waals surface area contributed by atoms with Gasteiger partial charge in [0, 0.05) is 22.9 Å². The highest BCUT2D eigenvalue weighted by atomic mass is 79.9. The zero-order valence-corrected chi connectivity index (χ0v) is 16.1. The molecular formula is C20H18BrFN2O3. The molecule has 1 heterocycles. The Balaban J connectivity index is 1.46. The SMILES string of the molecule is O=C(CCC(=O)N1CCC(c2ccccc2)=N1)OCc1ccc(F)cc1Br. The van der Waals surface area contributed by atoms with Crippen LogP contribution < -0.4 is 0 Å². The molecule has 1 aliphatic rings. The second-order valence-corrected chi connectivity index (χ2v) is 6.93. The van der Waals surface area contributed by atoms with E-state index in [1.54, 1.807) is 6.07 Å². The summed E-state index contributed by atoms with van der Waals surface area (Å²) in [6, 6.07) is 13.8. The molecule has 5 nitrogen and oxygen atoms in total. The molecule has 0 radical (unpaired) electrons. The van der Waals surface area contributed by atoms with Crippen LogP contribution in [-0.2, 0) is 20.9 Å². The largest absolute Gasteiger partial charge is 0.461 e. The Morgan fingerprint density at radius 3 is 2.67 bits per heavy atom. The van der Waals surface area contributed by atoms with Crippen LogP contribution in [0.5, 0.6) is 0 Å². The Morgan fingerprint density at radius 2 is 1.93 bits per heavy atom. The minimum atomic E-state index is -0.481. The fourth-order valence-corrected chi connectivity index (χ4v) is 3.14. The summed E-state index contributed by atoms with van der Waals surface area (Å²) in [6.07, 6.45) is 0.706. The zero-order valence-electron chi connectivity index (χ0n) is 14.5. The summed E-state index contributed by atoms with van der Waals surface area (Å²) in [5.74, 6) is -1.06. The van der Waals surface area contributed by atoms with Gasteiger partial charge in [0.25, 0.3) is 0 Å². The minimum absolute atomic E-state index is 0.0217. The Hall–Kier alpha value is -2.54. The molecule has 1 aliphatic heterocycles. The molecular weight excluding hydrogens is 415 g/mol. The molecule has 0 fully saturated rings. The Morgan fingerprint density at radius 1 is 1.15 bits per heavy atom. The van der Waals surface area contributed by atoms with Crippen LogP contribution in [0.1, 0.15) is 30.4 Å². The van der Waals surface area contributed by atoms with Crippen LogP contribution in [0.4, 0.5) is 4.39 Å². The maximum Gasteiger partial charge on any atom is 0.306 e. The molecule has 0 saturated carbocycles. The van der Waals surface area contributed by atoms with E-state index in [1.165, 1.54) is 17.1 Å². The van der Waals surface area contributed by atoms with Crippen LogP contribution in [0.15, 0.2) is 58.1 Å². The number of nitrogens with zero attached hydrogens (tertiary/aromatic N) is 2. The first-order valence-corrected chi connectivity index (χ1v) is 9.35. The van der Waals surface area contributed by atoms with Crippen LogP contribution in [-0.4, -0.2) is 29.1 Å². The number of benzene rings is 2. The van der Waals surface area contributed by atoms with Crippen LogP contribution in [0.25, 0.3) is 0 Å². The summed E-state index contributed by atoms with van der Waals surface area (Å²) in [5, 5.41) is 5.77. The van der Waals surface area contributed by atoms with E-state index in [1.807, 2.05) is 30.3 Å². The van der Waals surface area contributed by atoms with Gasteiger partial charge < -0.3 is 4.74 Å². The second kappa shape index (κ2) is 8.90. The molecule has 2 aromatic carbocycles. The van der Waals surface area contributed by atoms with Crippen molar-refractivity contribution in [2.24, 2.45) is 5.10 Å². The molecule has 0 spiro atoms. The van der Waals surface area contributed by atoms with E-state index in [9.17, 15) is 14.0 Å². The third kappa shape index (κ3) is 5.23. The zero-order chi connectivity index (χ0) is 19.2. The summed E-state index contributed by atoms with van der Waals surface area (Å²) in [4.78, 5) is 24.1. The lowest BCUT2D eigenvalue weighted by molar-refractivity contribution is -0.147. The first-order chi connectivity index (χ1) is 13.0. The summed E-state index contributed by atoms with van der Waals surface area (Å²) < 4.78 is 18.7. The smallest absolute Gasteiger partial charge is 0.306 e. The maximum absolute atomic E-state index is 13.0. The van der Waals surface area contributed by atoms with Crippen molar-refractivity contribution in [2.45, 2.75) is 25.9 Å². The van der Waals surface area contributed by atoms with Crippen molar-refractivity contribution < 1.29 is 18.7 Å². The highest BCUT2D eigenvalue weighted by molar-refractivity contribution is 9.10. The summed E-state index contributed by atoms with van der Waals surface area (Å²) in [6.45, 7) is 0.536. The molecule has 1 amide bonds. The normalized spacial score (nSPS) is 13.4. The number of rotatable bonds is 6. The van der Waals surface area contributed by atoms with Crippen LogP contribution in [0.2, 0.25) is 0 Å². The van der Waals surface area contributed by atoms with E-state index in [0.717, 1.165) is 11.3 Å². The average Bonchev–Trinajstić information content (AvgIpc) is 3.16. The number of hydrazone groups is 1. The number of amides is 1. The number of ether oxygens (including phenoxy) is 1. The summed E-state index contributed by atoms with van der Waals surface area (Å²) in [5.41, 5.74) is 2.53. The first-order valence-electron chi connectivity index (χ1n) is 8.56. The van der Waals surface area contributed by atoms with Gasteiger partial charge in [-0.1, -0.05) is 52.3 Å². The van der Waals surface area contributed by atoms with Crippen LogP contribution >= 0.6 is 15.9 Å². The van der Waals surface area contributed by atoms with Crippen molar-refractivity contribution in [2.75, 3.05) is 6.54 Å². The number of carbonyl (C=O) groups excluding carboxylic acids is 2. The number of hydrogen-bond donors (Lipinski definition) is 0. The van der Waals surface area contributed by atoms with Gasteiger partial charge in [0.1, 0.15) is 12.4 Å². The molecule has 7 heteroatoms. The fraction of sp³-hybridized carbons (Fsp3) is 0.250. The van der Waals surface area contributed by atoms with Crippen LogP contribution in [0.3, 0.4) is 0 Å². The molecule has 0 atom stereocenters. The van der Waals surface area contributed by atoms with Gasteiger partial charge in [-0.3, -0.25) is 9.59 Å². The van der Waals surface area contributed by atoms with Crippen LogP contribution in [0, 0.1) is 5.82 Å². The maximum atomic E-state index is 13.0. The Kier molecular flexibility index (Phi) is 6.34. The van der Waals surface area contributed by atoms with E-state index in [4.69, 9.17) is 4.74 Å². The topological polar surface area (TPSA) is 59.0 Å². The predicted molar refractivity (Wildman–Crippen MR) is 102 cm³/mol. The standard InChI is InChI=1S/C20H18BrFN2O3/c21-17-12-16(22)7-6-15(17)13-27-20(26)9-8-19(25)24-11-10-18(23-24)14-4-2-1-3-5-14/h1-7,12H,8-11,13H2. The highest BCUT2D eigenvalue weighted by Gasteiger charge is 2.22. The molecule has 3 rings (SSSR count). The van der Waals surface area contributed by atoms with Gasteiger partial charge in [0.2, 0.25) is 5.91 Å². The Labute approximate surface area is 164 Å². The third-order valence-electron chi connectivity index (χ3n) is 4.14. The van der Waals surface area contributed by atoms with Gasteiger partial charge in [-0.25, -0.2) is 9.40 Å². The van der Waals surface area contributed by atoms with Gasteiger partial charge in [0.15, 0.2) is 0 Å². The van der Waals surface area contributed by atoms with E-state index < -0.39 is 5.97 Å². The molecule has 0 aliphatic carbocycles. The summed E-state index contributed by atoms with van der Waals surface area (Å²) in [7, 11) is 0. The van der Waals surface area contributed by atoms with E-state index in [-0.39, 0.29) is 31.2 Å². The van der Waals surface area contributed by atoms with Crippen molar-refractivity contribution in [3.05, 3.63) is 69.9 Å². The molecule has 0 aromatic heterocycles. The van der Waals surface area contributed by atoms with Crippen molar-refractivity contribution in [1.29, 1.82) is 0 Å². The second-order valence-electron chi connectivity index (χ2n) is 6.08. The lowest BCUT2D eigenvalue weighted by Crippen LogP contribution is -2.24. The molecule has 0 bridgehead atoms. The monoisotopic (exact) mass is 432 g/mol. The predicted octanol–water partition coefficient (Wildman–Crippen LogP) is 4.05. The molecule has 0 N–H and O–H groups in total. The lowest BCUT2D eigenvalue weighted by Gasteiger charge is -2.11. The van der Waals surface area contributed by atoms with E-state index in [2.05, 4.69) is 21.0 Å². The molecule has 27 heavy (non-hydrogen) atoms. The fourth-order valence-electron chi connectivity index (χ4n) is 2.68. The summed E-state index contributed by atoms with van der Waals surface area (Å²) >= 11 is 3.22. The molecule has 140 valence electrons. The van der Waals surface area contributed by atoms with Crippen molar-refractivity contribution in [3.63, 3.8) is 0 Å². The lowest BCUT2D eigenvalue weighted by atomic mass is 10.1. The van der Waals surface area contributed by atoms with Gasteiger partial charge in [0.05, 0.1) is 18.7 Å². The van der Waals surface area contributed by atoms with Gasteiger partial charge in [-0.2, -0.15) is 5.10 Å². The van der Waals surface area contributed by atoms with Crippen molar-refractivity contribution >= 4 is 33.5 Å². The first kappa shape index (κ1) is 19.2. The average molecular weight is 433 g/mol. The van der Waals surface area contributed by atoms with E-state index >= 15 is 0 Å². The number of halogens is 2. The Bertz CT molecular complexity index is 871. The van der Waals surface area contributed by atoms with E-state index in [0.29, 0.717) is 23.0 Å². The number of hydrogen-bond acceptors (Lipinski definition) is 4. The number of carbonyl (C=O) groups is 2. The third-order valence-corrected chi connectivity index (χ3v) is 4.88. The quantitative estimate of drug-likeness (QED) is 0.646. The molecule has 0 unspecified atom stereocenters. The minimum Gasteiger partial charge on any atom is -0.461 e. The molecule has 2 aromatic rings.